The fourth-order valence-electron chi connectivity index (χ4n) is 2.39. The minimum Gasteiger partial charge on any atom is -0.464 e. The molecule has 0 radical (unpaired) electrons. The van der Waals surface area contributed by atoms with Gasteiger partial charge in [0.1, 0.15) is 6.04 Å². The van der Waals surface area contributed by atoms with Gasteiger partial charge in [-0.05, 0) is 50.5 Å². The highest BCUT2D eigenvalue weighted by molar-refractivity contribution is 5.84. The molecule has 0 saturated heterocycles. The van der Waals surface area contributed by atoms with Crippen molar-refractivity contribution in [2.24, 2.45) is 0 Å². The van der Waals surface area contributed by atoms with Crippen molar-refractivity contribution in [1.29, 1.82) is 0 Å². The van der Waals surface area contributed by atoms with Crippen molar-refractivity contribution in [3.63, 3.8) is 0 Å². The summed E-state index contributed by atoms with van der Waals surface area (Å²) in [5.41, 5.74) is 10.0. The molecule has 0 amide bonds. The van der Waals surface area contributed by atoms with E-state index in [4.69, 9.17) is 10.5 Å². The summed E-state index contributed by atoms with van der Waals surface area (Å²) in [6.07, 6.45) is 0.613. The third-order valence-electron chi connectivity index (χ3n) is 3.59. The van der Waals surface area contributed by atoms with E-state index in [0.717, 1.165) is 22.2 Å². The van der Waals surface area contributed by atoms with Crippen molar-refractivity contribution < 1.29 is 9.53 Å². The number of carbonyl (C=O) groups is 1. The first-order chi connectivity index (χ1) is 9.49. The summed E-state index contributed by atoms with van der Waals surface area (Å²) in [7, 11) is 0. The topological polar surface area (TPSA) is 70.1 Å². The van der Waals surface area contributed by atoms with Crippen molar-refractivity contribution in [3.05, 3.63) is 23.3 Å². The summed E-state index contributed by atoms with van der Waals surface area (Å²) in [5.74, 6) is 0.0872. The molecule has 0 spiro atoms. The molecule has 0 fully saturated rings. The van der Waals surface area contributed by atoms with Gasteiger partial charge in [0.25, 0.3) is 0 Å². The summed E-state index contributed by atoms with van der Waals surface area (Å²) in [4.78, 5) is 16.5. The Labute approximate surface area is 118 Å². The van der Waals surface area contributed by atoms with E-state index in [9.17, 15) is 4.79 Å². The van der Waals surface area contributed by atoms with Crippen molar-refractivity contribution >= 4 is 23.0 Å². The number of benzene rings is 1. The molecular formula is C15H21N3O2. The molecule has 2 N–H and O–H groups in total. The van der Waals surface area contributed by atoms with Crippen LogP contribution in [0.25, 0.3) is 11.0 Å². The molecule has 0 saturated carbocycles. The molecule has 1 aromatic carbocycles. The van der Waals surface area contributed by atoms with E-state index in [1.807, 2.05) is 32.9 Å². The second-order valence-electron chi connectivity index (χ2n) is 4.94. The van der Waals surface area contributed by atoms with E-state index in [2.05, 4.69) is 4.98 Å². The van der Waals surface area contributed by atoms with Crippen LogP contribution in [0.5, 0.6) is 0 Å². The molecule has 1 unspecified atom stereocenters. The first kappa shape index (κ1) is 14.4. The van der Waals surface area contributed by atoms with Crippen LogP contribution in [-0.4, -0.2) is 22.1 Å². The maximum atomic E-state index is 12.1. The standard InChI is InChI=1S/C15H21N3O2/c1-5-12(14(19)20-6-2)18-13-8-10(4)9(3)7-11(13)17-15(18)16/h7-8,12H,5-6H2,1-4H3,(H2,16,17). The lowest BCUT2D eigenvalue weighted by molar-refractivity contribution is -0.147. The fraction of sp³-hybridized carbons (Fsp3) is 0.467. The Morgan fingerprint density at radius 3 is 2.60 bits per heavy atom. The molecule has 108 valence electrons. The number of carbonyl (C=O) groups excluding carboxylic acids is 1. The van der Waals surface area contributed by atoms with E-state index < -0.39 is 6.04 Å². The summed E-state index contributed by atoms with van der Waals surface area (Å²) in [5, 5.41) is 0. The number of nitrogen functional groups attached to an aromatic ring is 1. The lowest BCUT2D eigenvalue weighted by atomic mass is 10.1. The van der Waals surface area contributed by atoms with Gasteiger partial charge in [0, 0.05) is 0 Å². The monoisotopic (exact) mass is 275 g/mol. The van der Waals surface area contributed by atoms with Crippen LogP contribution in [0.1, 0.15) is 37.4 Å². The predicted octanol–water partition coefficient (Wildman–Crippen LogP) is 2.75. The fourth-order valence-corrected chi connectivity index (χ4v) is 2.39. The SMILES string of the molecule is CCOC(=O)C(CC)n1c(N)nc2cc(C)c(C)cc21. The largest absolute Gasteiger partial charge is 0.464 e. The number of fused-ring (bicyclic) bond motifs is 1. The van der Waals surface area contributed by atoms with Gasteiger partial charge in [0.05, 0.1) is 17.6 Å². The number of rotatable bonds is 4. The number of esters is 1. The highest BCUT2D eigenvalue weighted by Gasteiger charge is 2.24. The van der Waals surface area contributed by atoms with E-state index >= 15 is 0 Å². The normalized spacial score (nSPS) is 12.6. The Bertz CT molecular complexity index is 646. The van der Waals surface area contributed by atoms with Gasteiger partial charge >= 0.3 is 5.97 Å². The number of anilines is 1. The number of hydrogen-bond donors (Lipinski definition) is 1. The molecule has 20 heavy (non-hydrogen) atoms. The first-order valence-corrected chi connectivity index (χ1v) is 6.90. The van der Waals surface area contributed by atoms with Crippen molar-refractivity contribution in [2.75, 3.05) is 12.3 Å². The third kappa shape index (κ3) is 2.35. The van der Waals surface area contributed by atoms with Gasteiger partial charge in [-0.15, -0.1) is 0 Å². The molecule has 2 rings (SSSR count). The average Bonchev–Trinajstić information content (AvgIpc) is 2.68. The number of hydrogen-bond acceptors (Lipinski definition) is 4. The minimum absolute atomic E-state index is 0.265. The molecule has 1 atom stereocenters. The Morgan fingerprint density at radius 1 is 1.35 bits per heavy atom. The Kier molecular flexibility index (Phi) is 3.97. The zero-order valence-electron chi connectivity index (χ0n) is 12.4. The minimum atomic E-state index is -0.429. The van der Waals surface area contributed by atoms with Crippen molar-refractivity contribution in [2.45, 2.75) is 40.2 Å². The van der Waals surface area contributed by atoms with Gasteiger partial charge in [-0.2, -0.15) is 0 Å². The average molecular weight is 275 g/mol. The highest BCUT2D eigenvalue weighted by atomic mass is 16.5. The van der Waals surface area contributed by atoms with Gasteiger partial charge in [-0.1, -0.05) is 6.92 Å². The third-order valence-corrected chi connectivity index (χ3v) is 3.59. The van der Waals surface area contributed by atoms with Crippen LogP contribution in [0.15, 0.2) is 12.1 Å². The van der Waals surface area contributed by atoms with Crippen LogP contribution in [0.4, 0.5) is 5.95 Å². The van der Waals surface area contributed by atoms with Gasteiger partial charge < -0.3 is 10.5 Å². The van der Waals surface area contributed by atoms with Gasteiger partial charge in [0.2, 0.25) is 5.95 Å². The summed E-state index contributed by atoms with van der Waals surface area (Å²) in [6, 6.07) is 3.59. The molecule has 0 bridgehead atoms. The first-order valence-electron chi connectivity index (χ1n) is 6.90. The predicted molar refractivity (Wildman–Crippen MR) is 79.6 cm³/mol. The van der Waals surface area contributed by atoms with E-state index in [0.29, 0.717) is 19.0 Å². The molecule has 2 aromatic rings. The van der Waals surface area contributed by atoms with Crippen LogP contribution >= 0.6 is 0 Å². The second kappa shape index (κ2) is 5.53. The molecule has 0 aliphatic carbocycles. The highest BCUT2D eigenvalue weighted by Crippen LogP contribution is 2.27. The smallest absolute Gasteiger partial charge is 0.329 e. The zero-order chi connectivity index (χ0) is 14.9. The number of nitrogens with zero attached hydrogens (tertiary/aromatic N) is 2. The number of nitrogens with two attached hydrogens (primary N) is 1. The molecule has 1 aromatic heterocycles. The van der Waals surface area contributed by atoms with E-state index in [-0.39, 0.29) is 5.97 Å². The van der Waals surface area contributed by atoms with Crippen LogP contribution in [-0.2, 0) is 9.53 Å². The van der Waals surface area contributed by atoms with Crippen LogP contribution < -0.4 is 5.73 Å². The van der Waals surface area contributed by atoms with Gasteiger partial charge in [-0.3, -0.25) is 4.57 Å². The Morgan fingerprint density at radius 2 is 2.00 bits per heavy atom. The quantitative estimate of drug-likeness (QED) is 0.871. The maximum Gasteiger partial charge on any atom is 0.329 e. The number of aryl methyl sites for hydroxylation is 2. The molecule has 5 nitrogen and oxygen atoms in total. The number of aromatic nitrogens is 2. The molecule has 0 aliphatic rings. The molecular weight excluding hydrogens is 254 g/mol. The van der Waals surface area contributed by atoms with Gasteiger partial charge in [-0.25, -0.2) is 9.78 Å². The van der Waals surface area contributed by atoms with Crippen molar-refractivity contribution in [3.8, 4) is 0 Å². The summed E-state index contributed by atoms with van der Waals surface area (Å²) in [6.45, 7) is 8.17. The molecule has 1 heterocycles. The zero-order valence-corrected chi connectivity index (χ0v) is 12.4. The molecule has 0 aliphatic heterocycles. The summed E-state index contributed by atoms with van der Waals surface area (Å²) < 4.78 is 6.91. The Hall–Kier alpha value is -2.04. The van der Waals surface area contributed by atoms with Crippen molar-refractivity contribution in [1.82, 2.24) is 9.55 Å². The van der Waals surface area contributed by atoms with Crippen LogP contribution in [0.2, 0.25) is 0 Å². The lowest BCUT2D eigenvalue weighted by Crippen LogP contribution is -2.22. The number of imidazole rings is 1. The maximum absolute atomic E-state index is 12.1. The lowest BCUT2D eigenvalue weighted by Gasteiger charge is -2.17. The number of ether oxygens (including phenoxy) is 1. The summed E-state index contributed by atoms with van der Waals surface area (Å²) >= 11 is 0. The van der Waals surface area contributed by atoms with Crippen LogP contribution in [0, 0.1) is 13.8 Å². The molecule has 5 heteroatoms. The van der Waals surface area contributed by atoms with E-state index in [1.54, 1.807) is 11.5 Å². The van der Waals surface area contributed by atoms with Gasteiger partial charge in [0.15, 0.2) is 0 Å². The van der Waals surface area contributed by atoms with Crippen LogP contribution in [0.3, 0.4) is 0 Å². The van der Waals surface area contributed by atoms with E-state index in [1.165, 1.54) is 0 Å². The second-order valence-corrected chi connectivity index (χ2v) is 4.94. The Balaban J connectivity index is 2.60.